The lowest BCUT2D eigenvalue weighted by molar-refractivity contribution is -0.142. The Morgan fingerprint density at radius 1 is 1.39 bits per heavy atom. The van der Waals surface area contributed by atoms with E-state index in [2.05, 4.69) is 10.6 Å². The summed E-state index contributed by atoms with van der Waals surface area (Å²) >= 11 is 0. The molecule has 0 heterocycles. The fourth-order valence-corrected chi connectivity index (χ4v) is 1.72. The minimum Gasteiger partial charge on any atom is -0.480 e. The summed E-state index contributed by atoms with van der Waals surface area (Å²) in [6, 6.07) is -0.850. The van der Waals surface area contributed by atoms with Crippen LogP contribution in [0.25, 0.3) is 0 Å². The van der Waals surface area contributed by atoms with Gasteiger partial charge in [-0.2, -0.15) is 0 Å². The number of hydrogen-bond acceptors (Lipinski definition) is 3. The molecule has 1 saturated carbocycles. The average molecular weight is 256 g/mol. The molecule has 0 radical (unpaired) electrons. The van der Waals surface area contributed by atoms with Crippen LogP contribution < -0.4 is 10.6 Å². The summed E-state index contributed by atoms with van der Waals surface area (Å²) in [6.45, 7) is 3.95. The molecule has 6 heteroatoms. The molecule has 0 aromatic rings. The monoisotopic (exact) mass is 256 g/mol. The van der Waals surface area contributed by atoms with Crippen molar-refractivity contribution in [3.05, 3.63) is 0 Å². The van der Waals surface area contributed by atoms with Crippen molar-refractivity contribution in [2.45, 2.75) is 39.2 Å². The number of rotatable bonds is 7. The van der Waals surface area contributed by atoms with Gasteiger partial charge in [0.15, 0.2) is 0 Å². The number of aliphatic carboxylic acids is 1. The lowest BCUT2D eigenvalue weighted by Crippen LogP contribution is -2.41. The molecular weight excluding hydrogens is 236 g/mol. The van der Waals surface area contributed by atoms with Gasteiger partial charge in [0, 0.05) is 18.9 Å². The fraction of sp³-hybridized carbons (Fsp3) is 0.750. The maximum Gasteiger partial charge on any atom is 0.326 e. The van der Waals surface area contributed by atoms with Gasteiger partial charge in [0.05, 0.1) is 0 Å². The number of carboxylic acids is 1. The first kappa shape index (κ1) is 14.5. The highest BCUT2D eigenvalue weighted by Crippen LogP contribution is 2.37. The van der Waals surface area contributed by atoms with Gasteiger partial charge in [-0.1, -0.05) is 13.8 Å². The normalized spacial score (nSPS) is 23.0. The molecule has 0 saturated heterocycles. The number of nitrogens with one attached hydrogen (secondary N) is 2. The van der Waals surface area contributed by atoms with Crippen LogP contribution in [0.15, 0.2) is 0 Å². The molecule has 6 nitrogen and oxygen atoms in total. The molecule has 2 amide bonds. The van der Waals surface area contributed by atoms with Gasteiger partial charge in [0.25, 0.3) is 0 Å². The molecule has 0 bridgehead atoms. The predicted molar refractivity (Wildman–Crippen MR) is 64.8 cm³/mol. The molecule has 1 aliphatic rings. The van der Waals surface area contributed by atoms with Crippen molar-refractivity contribution in [3.63, 3.8) is 0 Å². The van der Waals surface area contributed by atoms with Gasteiger partial charge in [0.1, 0.15) is 6.04 Å². The van der Waals surface area contributed by atoms with Gasteiger partial charge in [0.2, 0.25) is 11.8 Å². The third-order valence-electron chi connectivity index (χ3n) is 3.14. The van der Waals surface area contributed by atoms with E-state index in [0.717, 1.165) is 6.42 Å². The molecule has 18 heavy (non-hydrogen) atoms. The summed E-state index contributed by atoms with van der Waals surface area (Å²) in [4.78, 5) is 33.6. The Kier molecular flexibility index (Phi) is 5.12. The molecule has 3 atom stereocenters. The van der Waals surface area contributed by atoms with Crippen molar-refractivity contribution in [1.29, 1.82) is 0 Å². The Morgan fingerprint density at radius 2 is 2.00 bits per heavy atom. The molecule has 1 rings (SSSR count). The van der Waals surface area contributed by atoms with Crippen molar-refractivity contribution < 1.29 is 19.5 Å². The SMILES string of the molecule is CCC(NC(=O)CCNC(=O)C1CC1C)C(=O)O. The van der Waals surface area contributed by atoms with E-state index in [1.54, 1.807) is 6.92 Å². The van der Waals surface area contributed by atoms with Crippen molar-refractivity contribution in [3.8, 4) is 0 Å². The molecule has 0 aromatic carbocycles. The summed E-state index contributed by atoms with van der Waals surface area (Å²) in [6.07, 6.45) is 1.36. The number of carbonyl (C=O) groups excluding carboxylic acids is 2. The third kappa shape index (κ3) is 4.35. The van der Waals surface area contributed by atoms with Gasteiger partial charge in [-0.3, -0.25) is 9.59 Å². The van der Waals surface area contributed by atoms with E-state index in [4.69, 9.17) is 5.11 Å². The van der Waals surface area contributed by atoms with E-state index in [-0.39, 0.29) is 30.7 Å². The summed E-state index contributed by atoms with van der Waals surface area (Å²) in [7, 11) is 0. The minimum absolute atomic E-state index is 0.0134. The van der Waals surface area contributed by atoms with Gasteiger partial charge >= 0.3 is 5.97 Å². The van der Waals surface area contributed by atoms with E-state index in [1.807, 2.05) is 6.92 Å². The largest absolute Gasteiger partial charge is 0.480 e. The molecule has 1 aliphatic carbocycles. The number of amides is 2. The van der Waals surface area contributed by atoms with Crippen LogP contribution in [-0.4, -0.2) is 35.5 Å². The first-order valence-electron chi connectivity index (χ1n) is 6.25. The van der Waals surface area contributed by atoms with Crippen molar-refractivity contribution in [2.75, 3.05) is 6.54 Å². The van der Waals surface area contributed by atoms with Crippen LogP contribution in [0.4, 0.5) is 0 Å². The Hall–Kier alpha value is -1.59. The van der Waals surface area contributed by atoms with Crippen LogP contribution in [0, 0.1) is 11.8 Å². The zero-order valence-corrected chi connectivity index (χ0v) is 10.7. The highest BCUT2D eigenvalue weighted by atomic mass is 16.4. The fourth-order valence-electron chi connectivity index (χ4n) is 1.72. The van der Waals surface area contributed by atoms with Crippen molar-refractivity contribution >= 4 is 17.8 Å². The standard InChI is InChI=1S/C12H20N2O4/c1-3-9(12(17)18)14-10(15)4-5-13-11(16)8-6-7(8)2/h7-9H,3-6H2,1-2H3,(H,13,16)(H,14,15)(H,17,18). The second kappa shape index (κ2) is 6.37. The Labute approximate surface area is 106 Å². The second-order valence-corrected chi connectivity index (χ2v) is 4.73. The van der Waals surface area contributed by atoms with E-state index < -0.39 is 12.0 Å². The smallest absolute Gasteiger partial charge is 0.326 e. The van der Waals surface area contributed by atoms with Gasteiger partial charge in [-0.05, 0) is 18.8 Å². The lowest BCUT2D eigenvalue weighted by Gasteiger charge is -2.12. The average Bonchev–Trinajstić information content (AvgIpc) is 3.02. The predicted octanol–water partition coefficient (Wildman–Crippen LogP) is 0.128. The maximum atomic E-state index is 11.4. The summed E-state index contributed by atoms with van der Waals surface area (Å²) in [5.74, 6) is -0.874. The van der Waals surface area contributed by atoms with Crippen LogP contribution in [0.1, 0.15) is 33.1 Å². The Bertz CT molecular complexity index is 343. The van der Waals surface area contributed by atoms with E-state index in [9.17, 15) is 14.4 Å². The second-order valence-electron chi connectivity index (χ2n) is 4.73. The van der Waals surface area contributed by atoms with Crippen molar-refractivity contribution in [1.82, 2.24) is 10.6 Å². The zero-order chi connectivity index (χ0) is 13.7. The highest BCUT2D eigenvalue weighted by molar-refractivity contribution is 5.84. The van der Waals surface area contributed by atoms with Gasteiger partial charge in [-0.25, -0.2) is 4.79 Å². The summed E-state index contributed by atoms with van der Waals surface area (Å²) in [5.41, 5.74) is 0. The molecule has 0 spiro atoms. The molecule has 1 fully saturated rings. The highest BCUT2D eigenvalue weighted by Gasteiger charge is 2.38. The van der Waals surface area contributed by atoms with E-state index >= 15 is 0 Å². The van der Waals surface area contributed by atoms with Crippen LogP contribution >= 0.6 is 0 Å². The van der Waals surface area contributed by atoms with Gasteiger partial charge < -0.3 is 15.7 Å². The van der Waals surface area contributed by atoms with Crippen LogP contribution in [0.2, 0.25) is 0 Å². The Morgan fingerprint density at radius 3 is 2.44 bits per heavy atom. The summed E-state index contributed by atoms with van der Waals surface area (Å²) in [5, 5.41) is 13.8. The number of hydrogen-bond donors (Lipinski definition) is 3. The zero-order valence-electron chi connectivity index (χ0n) is 10.7. The van der Waals surface area contributed by atoms with Crippen LogP contribution in [-0.2, 0) is 14.4 Å². The molecule has 0 aromatic heterocycles. The number of carboxylic acid groups (broad SMARTS) is 1. The van der Waals surface area contributed by atoms with Crippen LogP contribution in [0.3, 0.4) is 0 Å². The lowest BCUT2D eigenvalue weighted by atomic mass is 10.2. The maximum absolute atomic E-state index is 11.4. The van der Waals surface area contributed by atoms with Crippen molar-refractivity contribution in [2.24, 2.45) is 11.8 Å². The quantitative estimate of drug-likeness (QED) is 0.603. The van der Waals surface area contributed by atoms with Gasteiger partial charge in [-0.15, -0.1) is 0 Å². The van der Waals surface area contributed by atoms with E-state index in [0.29, 0.717) is 12.3 Å². The third-order valence-corrected chi connectivity index (χ3v) is 3.14. The van der Waals surface area contributed by atoms with E-state index in [1.165, 1.54) is 0 Å². The first-order chi connectivity index (χ1) is 8.45. The first-order valence-corrected chi connectivity index (χ1v) is 6.25. The molecule has 0 aliphatic heterocycles. The minimum atomic E-state index is -1.04. The molecular formula is C12H20N2O4. The molecule has 3 unspecified atom stereocenters. The topological polar surface area (TPSA) is 95.5 Å². The molecule has 102 valence electrons. The number of carbonyl (C=O) groups is 3. The summed E-state index contributed by atoms with van der Waals surface area (Å²) < 4.78 is 0. The molecule has 3 N–H and O–H groups in total. The Balaban J connectivity index is 2.16. The van der Waals surface area contributed by atoms with Crippen LogP contribution in [0.5, 0.6) is 0 Å².